The van der Waals surface area contributed by atoms with Crippen LogP contribution in [0.5, 0.6) is 0 Å². The van der Waals surface area contributed by atoms with Crippen LogP contribution in [0.1, 0.15) is 106 Å². The first-order valence-electron chi connectivity index (χ1n) is 13.3. The van der Waals surface area contributed by atoms with Crippen LogP contribution >= 0.6 is 0 Å². The molecule has 0 aromatic rings. The standard InChI is InChI=1S/C30H45NO/c1-19(2)9-8-10-20(3)23-12-13-24-22-11-14-26-28(4,5)27(32)17-21(18-31)30(26,7)25(22)15-16-29(23,24)6/h13,19-21,23,26H,8-12,14-17H2,1-7H3/t20-,21?,23-,26+,29-,30-/m1/s1. The third-order valence-corrected chi connectivity index (χ3v) is 10.6. The number of ketones is 1. The molecule has 0 heterocycles. The molecule has 0 radical (unpaired) electrons. The highest BCUT2D eigenvalue weighted by Gasteiger charge is 2.61. The maximum atomic E-state index is 12.9. The van der Waals surface area contributed by atoms with E-state index in [2.05, 4.69) is 60.6 Å². The minimum Gasteiger partial charge on any atom is -0.299 e. The maximum absolute atomic E-state index is 12.9. The van der Waals surface area contributed by atoms with Gasteiger partial charge in [0.05, 0.1) is 12.0 Å². The summed E-state index contributed by atoms with van der Waals surface area (Å²) in [5.74, 6) is 2.73. The molecule has 0 spiro atoms. The summed E-state index contributed by atoms with van der Waals surface area (Å²) < 4.78 is 0. The van der Waals surface area contributed by atoms with Gasteiger partial charge in [0, 0.05) is 17.3 Å². The average Bonchev–Trinajstić information content (AvgIpc) is 3.08. The normalized spacial score (nSPS) is 39.2. The van der Waals surface area contributed by atoms with Crippen molar-refractivity contribution in [2.24, 2.45) is 45.8 Å². The van der Waals surface area contributed by atoms with Crippen molar-refractivity contribution < 1.29 is 4.79 Å². The Morgan fingerprint density at radius 2 is 1.84 bits per heavy atom. The number of hydrogen-bond donors (Lipinski definition) is 0. The Morgan fingerprint density at radius 3 is 2.50 bits per heavy atom. The summed E-state index contributed by atoms with van der Waals surface area (Å²) >= 11 is 0. The second-order valence-electron chi connectivity index (χ2n) is 13.0. The lowest BCUT2D eigenvalue weighted by Gasteiger charge is -2.58. The van der Waals surface area contributed by atoms with E-state index in [4.69, 9.17) is 0 Å². The lowest BCUT2D eigenvalue weighted by molar-refractivity contribution is -0.142. The highest BCUT2D eigenvalue weighted by Crippen LogP contribution is 2.67. The number of carbonyl (C=O) groups is 1. The largest absolute Gasteiger partial charge is 0.299 e. The molecule has 32 heavy (non-hydrogen) atoms. The van der Waals surface area contributed by atoms with E-state index in [1.54, 1.807) is 16.7 Å². The quantitative estimate of drug-likeness (QED) is 0.438. The molecule has 176 valence electrons. The Hall–Kier alpha value is -1.36. The van der Waals surface area contributed by atoms with Crippen LogP contribution in [-0.4, -0.2) is 5.78 Å². The molecule has 0 amide bonds. The number of Topliss-reactive ketones (excluding diaryl/α,β-unsaturated/α-hetero) is 1. The molecular formula is C30H45NO. The predicted molar refractivity (Wildman–Crippen MR) is 132 cm³/mol. The zero-order valence-electron chi connectivity index (χ0n) is 21.7. The van der Waals surface area contributed by atoms with Gasteiger partial charge in [-0.1, -0.05) is 79.4 Å². The lowest BCUT2D eigenvalue weighted by Crippen LogP contribution is -2.55. The molecule has 0 aromatic heterocycles. The van der Waals surface area contributed by atoms with Gasteiger partial charge in [0.1, 0.15) is 5.78 Å². The zero-order chi connectivity index (χ0) is 23.5. The molecule has 2 heteroatoms. The van der Waals surface area contributed by atoms with Gasteiger partial charge in [0.2, 0.25) is 0 Å². The van der Waals surface area contributed by atoms with E-state index in [0.717, 1.165) is 37.0 Å². The van der Waals surface area contributed by atoms with E-state index in [-0.39, 0.29) is 22.7 Å². The molecule has 1 saturated carbocycles. The van der Waals surface area contributed by atoms with E-state index in [1.165, 1.54) is 32.1 Å². The first-order valence-corrected chi connectivity index (χ1v) is 13.3. The number of allylic oxidation sites excluding steroid dienone is 4. The van der Waals surface area contributed by atoms with Gasteiger partial charge in [0.15, 0.2) is 0 Å². The first kappa shape index (κ1) is 23.8. The molecule has 0 bridgehead atoms. The van der Waals surface area contributed by atoms with Gasteiger partial charge in [-0.25, -0.2) is 0 Å². The van der Waals surface area contributed by atoms with Crippen molar-refractivity contribution in [3.8, 4) is 6.07 Å². The monoisotopic (exact) mass is 435 g/mol. The van der Waals surface area contributed by atoms with E-state index in [0.29, 0.717) is 17.6 Å². The van der Waals surface area contributed by atoms with Gasteiger partial charge in [-0.05, 0) is 72.3 Å². The first-order chi connectivity index (χ1) is 15.0. The summed E-state index contributed by atoms with van der Waals surface area (Å²) in [6.45, 7) is 16.4. The second kappa shape index (κ2) is 8.14. The minimum atomic E-state index is -0.321. The van der Waals surface area contributed by atoms with Crippen molar-refractivity contribution in [1.29, 1.82) is 5.26 Å². The van der Waals surface area contributed by atoms with Crippen molar-refractivity contribution >= 4 is 5.78 Å². The smallest absolute Gasteiger partial charge is 0.140 e. The Kier molecular flexibility index (Phi) is 6.05. The van der Waals surface area contributed by atoms with Crippen LogP contribution in [0.4, 0.5) is 0 Å². The summed E-state index contributed by atoms with van der Waals surface area (Å²) in [6, 6.07) is 2.60. The van der Waals surface area contributed by atoms with E-state index >= 15 is 0 Å². The highest BCUT2D eigenvalue weighted by atomic mass is 16.1. The summed E-state index contributed by atoms with van der Waals surface area (Å²) in [5.41, 5.74) is 4.60. The van der Waals surface area contributed by atoms with Crippen LogP contribution in [0.3, 0.4) is 0 Å². The zero-order valence-corrected chi connectivity index (χ0v) is 21.7. The Labute approximate surface area is 196 Å². The number of nitriles is 1. The summed E-state index contributed by atoms with van der Waals surface area (Å²) in [6.07, 6.45) is 12.7. The molecule has 2 nitrogen and oxygen atoms in total. The van der Waals surface area contributed by atoms with Gasteiger partial charge in [-0.15, -0.1) is 0 Å². The molecule has 0 aromatic carbocycles. The van der Waals surface area contributed by atoms with Crippen molar-refractivity contribution in [2.45, 2.75) is 106 Å². The van der Waals surface area contributed by atoms with E-state index in [9.17, 15) is 10.1 Å². The molecule has 0 saturated heterocycles. The van der Waals surface area contributed by atoms with E-state index in [1.807, 2.05) is 0 Å². The Morgan fingerprint density at radius 1 is 1.12 bits per heavy atom. The third kappa shape index (κ3) is 3.36. The van der Waals surface area contributed by atoms with E-state index < -0.39 is 0 Å². The number of rotatable bonds is 5. The van der Waals surface area contributed by atoms with Gasteiger partial charge in [-0.3, -0.25) is 4.79 Å². The SMILES string of the molecule is CC(C)CCC[C@@H](C)[C@H]1CC=C2C3=C(CC[C@@]21C)[C@@]1(C)C(C#N)CC(=O)C(C)(C)[C@@H]1CC3. The second-order valence-corrected chi connectivity index (χ2v) is 13.0. The highest BCUT2D eigenvalue weighted by molar-refractivity contribution is 5.86. The topological polar surface area (TPSA) is 40.9 Å². The number of carbonyl (C=O) groups excluding carboxylic acids is 1. The van der Waals surface area contributed by atoms with Crippen LogP contribution in [0.2, 0.25) is 0 Å². The molecule has 4 rings (SSSR count). The van der Waals surface area contributed by atoms with Crippen LogP contribution in [-0.2, 0) is 4.79 Å². The Bertz CT molecular complexity index is 883. The molecule has 1 unspecified atom stereocenters. The predicted octanol–water partition coefficient (Wildman–Crippen LogP) is 8.05. The third-order valence-electron chi connectivity index (χ3n) is 10.6. The minimum absolute atomic E-state index is 0.150. The molecule has 0 aliphatic heterocycles. The number of fused-ring (bicyclic) bond motifs is 4. The van der Waals surface area contributed by atoms with Crippen LogP contribution < -0.4 is 0 Å². The number of nitrogens with zero attached hydrogens (tertiary/aromatic N) is 1. The average molecular weight is 436 g/mol. The molecule has 1 fully saturated rings. The van der Waals surface area contributed by atoms with Gasteiger partial charge in [-0.2, -0.15) is 5.26 Å². The van der Waals surface area contributed by atoms with Crippen LogP contribution in [0, 0.1) is 57.2 Å². The van der Waals surface area contributed by atoms with Crippen LogP contribution in [0.25, 0.3) is 0 Å². The van der Waals surface area contributed by atoms with Gasteiger partial charge in [0.25, 0.3) is 0 Å². The van der Waals surface area contributed by atoms with Gasteiger partial charge >= 0.3 is 0 Å². The molecule has 6 atom stereocenters. The fraction of sp³-hybridized carbons (Fsp3) is 0.800. The fourth-order valence-electron chi connectivity index (χ4n) is 8.61. The van der Waals surface area contributed by atoms with Crippen LogP contribution in [0.15, 0.2) is 22.8 Å². The summed E-state index contributed by atoms with van der Waals surface area (Å²) in [4.78, 5) is 12.9. The van der Waals surface area contributed by atoms with Crippen molar-refractivity contribution in [2.75, 3.05) is 0 Å². The molecule has 4 aliphatic carbocycles. The molecule has 0 N–H and O–H groups in total. The van der Waals surface area contributed by atoms with Crippen molar-refractivity contribution in [1.82, 2.24) is 0 Å². The summed E-state index contributed by atoms with van der Waals surface area (Å²) in [7, 11) is 0. The Balaban J connectivity index is 1.65. The number of hydrogen-bond acceptors (Lipinski definition) is 2. The molecule has 4 aliphatic rings. The van der Waals surface area contributed by atoms with Gasteiger partial charge < -0.3 is 0 Å². The molecular weight excluding hydrogens is 390 g/mol. The lowest BCUT2D eigenvalue weighted by atomic mass is 9.44. The summed E-state index contributed by atoms with van der Waals surface area (Å²) in [5, 5.41) is 10.1. The van der Waals surface area contributed by atoms with Crippen molar-refractivity contribution in [3.05, 3.63) is 22.8 Å². The fourth-order valence-corrected chi connectivity index (χ4v) is 8.61. The van der Waals surface area contributed by atoms with Crippen molar-refractivity contribution in [3.63, 3.8) is 0 Å². The maximum Gasteiger partial charge on any atom is 0.140 e.